The van der Waals surface area contributed by atoms with Crippen molar-refractivity contribution in [1.82, 2.24) is 14.5 Å². The van der Waals surface area contributed by atoms with Gasteiger partial charge in [-0.05, 0) is 6.42 Å². The molecule has 7 heteroatoms. The molecule has 92 valence electrons. The number of sulfonamides is 1. The molecule has 1 aromatic heterocycles. The number of rotatable bonds is 6. The van der Waals surface area contributed by atoms with Crippen LogP contribution in [0.25, 0.3) is 0 Å². The van der Waals surface area contributed by atoms with Gasteiger partial charge < -0.3 is 5.73 Å². The Balaban J connectivity index is 2.60. The van der Waals surface area contributed by atoms with Crippen LogP contribution in [0.3, 0.4) is 0 Å². The first-order valence-electron chi connectivity index (χ1n) is 5.15. The van der Waals surface area contributed by atoms with Gasteiger partial charge in [0.25, 0.3) is 0 Å². The largest absolute Gasteiger partial charge is 0.329 e. The summed E-state index contributed by atoms with van der Waals surface area (Å²) in [6.07, 6.45) is 3.91. The molecule has 0 aliphatic rings. The molecule has 16 heavy (non-hydrogen) atoms. The van der Waals surface area contributed by atoms with Gasteiger partial charge in [-0.3, -0.25) is 4.68 Å². The van der Waals surface area contributed by atoms with E-state index in [-0.39, 0.29) is 13.1 Å². The molecule has 0 saturated carbocycles. The fraction of sp³-hybridized carbons (Fsp3) is 0.667. The Morgan fingerprint density at radius 3 is 2.75 bits per heavy atom. The van der Waals surface area contributed by atoms with Crippen molar-refractivity contribution in [3.8, 4) is 0 Å². The van der Waals surface area contributed by atoms with Crippen molar-refractivity contribution < 1.29 is 8.42 Å². The third-order valence-corrected chi connectivity index (χ3v) is 4.34. The molecule has 0 bridgehead atoms. The molecule has 0 amide bonds. The van der Waals surface area contributed by atoms with Crippen LogP contribution in [-0.2, 0) is 23.6 Å². The maximum Gasteiger partial charge on any atom is 0.216 e. The minimum absolute atomic E-state index is 0.138. The molecule has 0 aromatic carbocycles. The quantitative estimate of drug-likeness (QED) is 0.713. The van der Waals surface area contributed by atoms with Gasteiger partial charge in [0, 0.05) is 31.9 Å². The van der Waals surface area contributed by atoms with Crippen molar-refractivity contribution in [2.24, 2.45) is 12.8 Å². The average molecular weight is 246 g/mol. The summed E-state index contributed by atoms with van der Waals surface area (Å²) in [5, 5.41) is 3.44. The smallest absolute Gasteiger partial charge is 0.216 e. The van der Waals surface area contributed by atoms with Gasteiger partial charge in [0.05, 0.1) is 11.4 Å². The van der Waals surface area contributed by atoms with Crippen LogP contribution in [0.4, 0.5) is 0 Å². The van der Waals surface area contributed by atoms with Crippen molar-refractivity contribution in [3.05, 3.63) is 18.0 Å². The molecule has 1 aromatic rings. The second-order valence-corrected chi connectivity index (χ2v) is 5.70. The summed E-state index contributed by atoms with van der Waals surface area (Å²) in [5.74, 6) is 0. The van der Waals surface area contributed by atoms with Gasteiger partial charge in [-0.2, -0.15) is 5.10 Å². The summed E-state index contributed by atoms with van der Waals surface area (Å²) in [7, 11) is -1.54. The van der Waals surface area contributed by atoms with Gasteiger partial charge in [-0.15, -0.1) is 0 Å². The molecule has 1 rings (SSSR count). The van der Waals surface area contributed by atoms with Crippen molar-refractivity contribution >= 4 is 10.0 Å². The minimum Gasteiger partial charge on any atom is -0.329 e. The fourth-order valence-electron chi connectivity index (χ4n) is 1.38. The molecule has 6 nitrogen and oxygen atoms in total. The standard InChI is InChI=1S/C9H18N4O2S/c1-3-9(4-10)16(14,15)12-6-8-5-11-13(2)7-8/h5,7,9,12H,3-4,6,10H2,1-2H3. The molecule has 0 spiro atoms. The predicted octanol–water partition coefficient (Wildman–Crippen LogP) is -0.423. The SMILES string of the molecule is CCC(CN)S(=O)(=O)NCc1cnn(C)c1. The van der Waals surface area contributed by atoms with Crippen LogP contribution in [-0.4, -0.2) is 30.0 Å². The first-order valence-corrected chi connectivity index (χ1v) is 6.70. The fourth-order valence-corrected chi connectivity index (χ4v) is 2.67. The molecule has 0 aliphatic carbocycles. The van der Waals surface area contributed by atoms with E-state index < -0.39 is 15.3 Å². The molecular formula is C9H18N4O2S. The number of hydrogen-bond donors (Lipinski definition) is 2. The number of aromatic nitrogens is 2. The Hall–Kier alpha value is -0.920. The van der Waals surface area contributed by atoms with Crippen LogP contribution < -0.4 is 10.5 Å². The molecule has 0 aliphatic heterocycles. The first-order chi connectivity index (χ1) is 7.49. The lowest BCUT2D eigenvalue weighted by atomic mass is 10.3. The lowest BCUT2D eigenvalue weighted by Gasteiger charge is -2.13. The lowest BCUT2D eigenvalue weighted by molar-refractivity contribution is 0.561. The topological polar surface area (TPSA) is 90.0 Å². The Kier molecular flexibility index (Phi) is 4.45. The van der Waals surface area contributed by atoms with Crippen molar-refractivity contribution in [2.75, 3.05) is 6.54 Å². The van der Waals surface area contributed by atoms with Crippen LogP contribution in [0.5, 0.6) is 0 Å². The van der Waals surface area contributed by atoms with Crippen LogP contribution in [0.1, 0.15) is 18.9 Å². The molecule has 1 heterocycles. The zero-order valence-electron chi connectivity index (χ0n) is 9.55. The van der Waals surface area contributed by atoms with Gasteiger partial charge in [-0.1, -0.05) is 6.92 Å². The predicted molar refractivity (Wildman–Crippen MR) is 62.1 cm³/mol. The Labute approximate surface area is 95.9 Å². The molecule has 1 unspecified atom stereocenters. The van der Waals surface area contributed by atoms with E-state index in [0.29, 0.717) is 6.42 Å². The summed E-state index contributed by atoms with van der Waals surface area (Å²) in [5.41, 5.74) is 6.24. The number of hydrogen-bond acceptors (Lipinski definition) is 4. The van der Waals surface area contributed by atoms with Crippen molar-refractivity contribution in [1.29, 1.82) is 0 Å². The number of aryl methyl sites for hydroxylation is 1. The number of nitrogens with one attached hydrogen (secondary N) is 1. The molecule has 0 radical (unpaired) electrons. The maximum atomic E-state index is 11.8. The first kappa shape index (κ1) is 13.1. The van der Waals surface area contributed by atoms with Gasteiger partial charge in [0.15, 0.2) is 0 Å². The third-order valence-electron chi connectivity index (χ3n) is 2.39. The van der Waals surface area contributed by atoms with E-state index in [4.69, 9.17) is 5.73 Å². The lowest BCUT2D eigenvalue weighted by Crippen LogP contribution is -2.38. The van der Waals surface area contributed by atoms with E-state index in [2.05, 4.69) is 9.82 Å². The zero-order valence-corrected chi connectivity index (χ0v) is 10.4. The zero-order chi connectivity index (χ0) is 12.2. The summed E-state index contributed by atoms with van der Waals surface area (Å²) >= 11 is 0. The van der Waals surface area contributed by atoms with Crippen LogP contribution in [0.2, 0.25) is 0 Å². The third kappa shape index (κ3) is 3.29. The highest BCUT2D eigenvalue weighted by atomic mass is 32.2. The van der Waals surface area contributed by atoms with Gasteiger partial charge in [0.1, 0.15) is 0 Å². The van der Waals surface area contributed by atoms with E-state index in [9.17, 15) is 8.42 Å². The summed E-state index contributed by atoms with van der Waals surface area (Å²) in [4.78, 5) is 0. The van der Waals surface area contributed by atoms with Crippen molar-refractivity contribution in [2.45, 2.75) is 25.1 Å². The van der Waals surface area contributed by atoms with Crippen LogP contribution >= 0.6 is 0 Å². The second kappa shape index (κ2) is 5.42. The average Bonchev–Trinajstić information content (AvgIpc) is 2.63. The monoisotopic (exact) mass is 246 g/mol. The van der Waals surface area contributed by atoms with Crippen molar-refractivity contribution in [3.63, 3.8) is 0 Å². The van der Waals surface area contributed by atoms with Gasteiger partial charge in [0.2, 0.25) is 10.0 Å². The van der Waals surface area contributed by atoms with E-state index in [1.807, 2.05) is 0 Å². The highest BCUT2D eigenvalue weighted by Gasteiger charge is 2.21. The summed E-state index contributed by atoms with van der Waals surface area (Å²) in [6.45, 7) is 2.20. The summed E-state index contributed by atoms with van der Waals surface area (Å²) in [6, 6.07) is 0. The summed E-state index contributed by atoms with van der Waals surface area (Å²) < 4.78 is 27.7. The Bertz CT molecular complexity index is 422. The Morgan fingerprint density at radius 1 is 1.62 bits per heavy atom. The molecule has 0 fully saturated rings. The number of nitrogens with two attached hydrogens (primary N) is 1. The molecule has 1 atom stereocenters. The van der Waals surface area contributed by atoms with E-state index in [0.717, 1.165) is 5.56 Å². The molecular weight excluding hydrogens is 228 g/mol. The number of nitrogens with zero attached hydrogens (tertiary/aromatic N) is 2. The van der Waals surface area contributed by atoms with E-state index in [1.54, 1.807) is 31.0 Å². The van der Waals surface area contributed by atoms with Gasteiger partial charge in [-0.25, -0.2) is 13.1 Å². The van der Waals surface area contributed by atoms with E-state index in [1.165, 1.54) is 0 Å². The van der Waals surface area contributed by atoms with Crippen LogP contribution in [0.15, 0.2) is 12.4 Å². The molecule has 0 saturated heterocycles. The second-order valence-electron chi connectivity index (χ2n) is 3.65. The highest BCUT2D eigenvalue weighted by Crippen LogP contribution is 2.04. The Morgan fingerprint density at radius 2 is 2.31 bits per heavy atom. The molecule has 3 N–H and O–H groups in total. The highest BCUT2D eigenvalue weighted by molar-refractivity contribution is 7.90. The van der Waals surface area contributed by atoms with Crippen LogP contribution in [0, 0.1) is 0 Å². The van der Waals surface area contributed by atoms with Gasteiger partial charge >= 0.3 is 0 Å². The maximum absolute atomic E-state index is 11.8. The normalized spacial score (nSPS) is 13.9. The van der Waals surface area contributed by atoms with E-state index >= 15 is 0 Å². The minimum atomic E-state index is -3.32.